The van der Waals surface area contributed by atoms with Crippen LogP contribution in [0.3, 0.4) is 0 Å². The van der Waals surface area contributed by atoms with E-state index in [-0.39, 0.29) is 0 Å². The first kappa shape index (κ1) is 13.2. The Kier molecular flexibility index (Phi) is 3.52. The third kappa shape index (κ3) is 2.45. The van der Waals surface area contributed by atoms with Crippen LogP contribution in [0.15, 0.2) is 42.5 Å². The van der Waals surface area contributed by atoms with Gasteiger partial charge in [-0.3, -0.25) is 0 Å². The molecule has 0 bridgehead atoms. The first-order valence-electron chi connectivity index (χ1n) is 7.63. The molecule has 20 heavy (non-hydrogen) atoms. The van der Waals surface area contributed by atoms with Crippen LogP contribution in [0.5, 0.6) is 0 Å². The summed E-state index contributed by atoms with van der Waals surface area (Å²) in [6, 6.07) is 16.3. The predicted octanol–water partition coefficient (Wildman–Crippen LogP) is 5.22. The third-order valence-electron chi connectivity index (χ3n) is 4.53. The molecular weight excluding hydrogens is 242 g/mol. The lowest BCUT2D eigenvalue weighted by Gasteiger charge is -2.14. The van der Waals surface area contributed by atoms with Crippen LogP contribution < -0.4 is 5.32 Å². The zero-order chi connectivity index (χ0) is 14.1. The van der Waals surface area contributed by atoms with E-state index < -0.39 is 0 Å². The highest BCUT2D eigenvalue weighted by atomic mass is 14.9. The molecule has 2 aromatic rings. The van der Waals surface area contributed by atoms with Crippen molar-refractivity contribution in [3.8, 4) is 0 Å². The van der Waals surface area contributed by atoms with Crippen LogP contribution in [-0.2, 0) is 6.42 Å². The monoisotopic (exact) mass is 265 g/mol. The van der Waals surface area contributed by atoms with Gasteiger partial charge in [-0.1, -0.05) is 55.8 Å². The van der Waals surface area contributed by atoms with Gasteiger partial charge in [-0.05, 0) is 48.4 Å². The second kappa shape index (κ2) is 5.32. The lowest BCUT2D eigenvalue weighted by atomic mass is 9.95. The molecule has 1 aliphatic rings. The van der Waals surface area contributed by atoms with Gasteiger partial charge in [0, 0.05) is 5.69 Å². The summed E-state index contributed by atoms with van der Waals surface area (Å²) in [4.78, 5) is 0. The van der Waals surface area contributed by atoms with Crippen LogP contribution in [0.25, 0.3) is 0 Å². The van der Waals surface area contributed by atoms with Crippen molar-refractivity contribution in [2.75, 3.05) is 5.32 Å². The zero-order valence-electron chi connectivity index (χ0n) is 12.6. The molecule has 0 amide bonds. The van der Waals surface area contributed by atoms with E-state index in [9.17, 15) is 0 Å². The first-order chi connectivity index (χ1) is 9.67. The smallest absolute Gasteiger partial charge is 0.0555 e. The van der Waals surface area contributed by atoms with Gasteiger partial charge in [0.1, 0.15) is 0 Å². The van der Waals surface area contributed by atoms with Gasteiger partial charge in [-0.2, -0.15) is 0 Å². The van der Waals surface area contributed by atoms with Gasteiger partial charge in [0.25, 0.3) is 0 Å². The molecule has 1 nitrogen and oxygen atoms in total. The Morgan fingerprint density at radius 1 is 1.15 bits per heavy atom. The average Bonchev–Trinajstić information content (AvgIpc) is 2.89. The van der Waals surface area contributed by atoms with Crippen LogP contribution in [0.1, 0.15) is 54.5 Å². The Morgan fingerprint density at radius 2 is 1.90 bits per heavy atom. The lowest BCUT2D eigenvalue weighted by Crippen LogP contribution is -2.05. The molecule has 2 unspecified atom stereocenters. The van der Waals surface area contributed by atoms with E-state index in [0.717, 1.165) is 6.42 Å². The summed E-state index contributed by atoms with van der Waals surface area (Å²) < 4.78 is 0. The van der Waals surface area contributed by atoms with E-state index in [1.54, 1.807) is 0 Å². The van der Waals surface area contributed by atoms with E-state index in [1.165, 1.54) is 34.4 Å². The van der Waals surface area contributed by atoms with E-state index in [2.05, 4.69) is 68.6 Å². The fraction of sp³-hybridized carbons (Fsp3) is 0.368. The van der Waals surface area contributed by atoms with Crippen LogP contribution in [0.4, 0.5) is 5.69 Å². The van der Waals surface area contributed by atoms with E-state index in [0.29, 0.717) is 12.0 Å². The maximum Gasteiger partial charge on any atom is 0.0555 e. The number of aryl methyl sites for hydroxylation is 1. The van der Waals surface area contributed by atoms with Crippen molar-refractivity contribution >= 4 is 5.69 Å². The largest absolute Gasteiger partial charge is 0.378 e. The zero-order valence-corrected chi connectivity index (χ0v) is 12.6. The van der Waals surface area contributed by atoms with E-state index in [1.807, 2.05) is 0 Å². The van der Waals surface area contributed by atoms with Crippen molar-refractivity contribution in [2.24, 2.45) is 0 Å². The molecule has 3 rings (SSSR count). The van der Waals surface area contributed by atoms with Gasteiger partial charge >= 0.3 is 0 Å². The van der Waals surface area contributed by atoms with Gasteiger partial charge in [0.05, 0.1) is 6.04 Å². The molecule has 0 aromatic heterocycles. The summed E-state index contributed by atoms with van der Waals surface area (Å²) in [6.45, 7) is 6.70. The molecular formula is C19H23N. The molecule has 0 fully saturated rings. The number of hydrogen-bond donors (Lipinski definition) is 1. The van der Waals surface area contributed by atoms with Crippen LogP contribution in [0.2, 0.25) is 0 Å². The molecule has 0 spiro atoms. The summed E-state index contributed by atoms with van der Waals surface area (Å²) in [5.41, 5.74) is 6.93. The number of fused-ring (bicyclic) bond motifs is 1. The molecule has 0 saturated heterocycles. The Balaban J connectivity index is 1.79. The number of hydrogen-bond acceptors (Lipinski definition) is 1. The van der Waals surface area contributed by atoms with Crippen LogP contribution in [0, 0.1) is 6.92 Å². The van der Waals surface area contributed by atoms with Crippen molar-refractivity contribution in [1.29, 1.82) is 0 Å². The van der Waals surface area contributed by atoms with Crippen molar-refractivity contribution < 1.29 is 0 Å². The molecule has 0 saturated carbocycles. The standard InChI is InChI=1S/C19H23N/c1-4-14(3)15-6-8-16(9-7-15)19-12-17-11-13(2)5-10-18(17)20-19/h5-11,14,19-20H,4,12H2,1-3H3. The summed E-state index contributed by atoms with van der Waals surface area (Å²) >= 11 is 0. The van der Waals surface area contributed by atoms with Crippen LogP contribution in [-0.4, -0.2) is 0 Å². The number of anilines is 1. The number of rotatable bonds is 3. The minimum Gasteiger partial charge on any atom is -0.378 e. The minimum atomic E-state index is 0.429. The van der Waals surface area contributed by atoms with Crippen molar-refractivity contribution in [3.05, 3.63) is 64.7 Å². The van der Waals surface area contributed by atoms with Gasteiger partial charge < -0.3 is 5.32 Å². The molecule has 2 aromatic carbocycles. The average molecular weight is 265 g/mol. The highest BCUT2D eigenvalue weighted by Crippen LogP contribution is 2.35. The number of benzene rings is 2. The van der Waals surface area contributed by atoms with Crippen molar-refractivity contribution in [1.82, 2.24) is 0 Å². The molecule has 104 valence electrons. The van der Waals surface area contributed by atoms with Gasteiger partial charge in [-0.15, -0.1) is 0 Å². The highest BCUT2D eigenvalue weighted by Gasteiger charge is 2.21. The molecule has 1 heterocycles. The lowest BCUT2D eigenvalue weighted by molar-refractivity contribution is 0.731. The minimum absolute atomic E-state index is 0.429. The molecule has 0 radical (unpaired) electrons. The Bertz CT molecular complexity index is 598. The second-order valence-electron chi connectivity index (χ2n) is 6.04. The van der Waals surface area contributed by atoms with Crippen LogP contribution >= 0.6 is 0 Å². The third-order valence-corrected chi connectivity index (χ3v) is 4.53. The SMILES string of the molecule is CCC(C)c1ccc(C2Cc3cc(C)ccc3N2)cc1. The van der Waals surface area contributed by atoms with Gasteiger partial charge in [0.2, 0.25) is 0 Å². The summed E-state index contributed by atoms with van der Waals surface area (Å²) in [5, 5.41) is 3.64. The Morgan fingerprint density at radius 3 is 2.60 bits per heavy atom. The first-order valence-corrected chi connectivity index (χ1v) is 7.63. The van der Waals surface area contributed by atoms with Crippen molar-refractivity contribution in [3.63, 3.8) is 0 Å². The molecule has 2 atom stereocenters. The predicted molar refractivity (Wildman–Crippen MR) is 86.4 cm³/mol. The Labute approximate surface area is 122 Å². The highest BCUT2D eigenvalue weighted by molar-refractivity contribution is 5.59. The summed E-state index contributed by atoms with van der Waals surface area (Å²) in [7, 11) is 0. The second-order valence-corrected chi connectivity index (χ2v) is 6.04. The maximum absolute atomic E-state index is 3.64. The molecule has 1 heteroatoms. The maximum atomic E-state index is 3.64. The Hall–Kier alpha value is -1.76. The topological polar surface area (TPSA) is 12.0 Å². The van der Waals surface area contributed by atoms with Gasteiger partial charge in [0.15, 0.2) is 0 Å². The molecule has 0 aliphatic carbocycles. The fourth-order valence-electron chi connectivity index (χ4n) is 2.98. The van der Waals surface area contributed by atoms with E-state index >= 15 is 0 Å². The van der Waals surface area contributed by atoms with Gasteiger partial charge in [-0.25, -0.2) is 0 Å². The molecule has 1 aliphatic heterocycles. The molecule has 1 N–H and O–H groups in total. The summed E-state index contributed by atoms with van der Waals surface area (Å²) in [6.07, 6.45) is 2.30. The van der Waals surface area contributed by atoms with E-state index in [4.69, 9.17) is 0 Å². The van der Waals surface area contributed by atoms with Crippen molar-refractivity contribution in [2.45, 2.75) is 45.6 Å². The number of nitrogens with one attached hydrogen (secondary N) is 1. The summed E-state index contributed by atoms with van der Waals surface area (Å²) in [5.74, 6) is 0.653. The normalized spacial score (nSPS) is 18.4. The fourth-order valence-corrected chi connectivity index (χ4v) is 2.98. The quantitative estimate of drug-likeness (QED) is 0.802.